The first-order chi connectivity index (χ1) is 9.51. The zero-order valence-corrected chi connectivity index (χ0v) is 12.4. The van der Waals surface area contributed by atoms with Crippen LogP contribution in [0.2, 0.25) is 0 Å². The minimum Gasteiger partial charge on any atom is -0.466 e. The predicted molar refractivity (Wildman–Crippen MR) is 79.3 cm³/mol. The molecule has 0 saturated carbocycles. The molecule has 0 aliphatic rings. The van der Waals surface area contributed by atoms with Crippen LogP contribution < -0.4 is 5.32 Å². The number of hydrogen-bond acceptors (Lipinski definition) is 3. The zero-order chi connectivity index (χ0) is 14.7. The van der Waals surface area contributed by atoms with Crippen molar-refractivity contribution in [3.63, 3.8) is 0 Å². The number of hydrogen-bond donors (Lipinski definition) is 1. The smallest absolute Gasteiger partial charge is 0.105 e. The molecule has 2 aromatic rings. The van der Waals surface area contributed by atoms with Crippen LogP contribution in [0.1, 0.15) is 46.7 Å². The van der Waals surface area contributed by atoms with Crippen LogP contribution in [0.25, 0.3) is 0 Å². The Morgan fingerprint density at radius 1 is 1.25 bits per heavy atom. The number of nitrogens with zero attached hydrogens (tertiary/aromatic N) is 1. The highest BCUT2D eigenvalue weighted by Crippen LogP contribution is 2.22. The highest BCUT2D eigenvalue weighted by molar-refractivity contribution is 5.37. The van der Waals surface area contributed by atoms with E-state index in [4.69, 9.17) is 9.68 Å². The highest BCUT2D eigenvalue weighted by atomic mass is 16.3. The normalized spacial score (nSPS) is 12.2. The summed E-state index contributed by atoms with van der Waals surface area (Å²) in [6.07, 6.45) is 0. The molecule has 3 heteroatoms. The Morgan fingerprint density at radius 3 is 2.55 bits per heavy atom. The molecule has 0 saturated heterocycles. The van der Waals surface area contributed by atoms with E-state index in [9.17, 15) is 0 Å². The number of rotatable bonds is 4. The molecule has 1 atom stereocenters. The van der Waals surface area contributed by atoms with Crippen molar-refractivity contribution in [1.29, 1.82) is 5.26 Å². The lowest BCUT2D eigenvalue weighted by atomic mass is 10.0. The van der Waals surface area contributed by atoms with E-state index >= 15 is 0 Å². The molecule has 0 amide bonds. The lowest BCUT2D eigenvalue weighted by molar-refractivity contribution is 0.489. The molecule has 1 heterocycles. The van der Waals surface area contributed by atoms with E-state index in [1.807, 2.05) is 39.0 Å². The van der Waals surface area contributed by atoms with Gasteiger partial charge in [0.05, 0.1) is 11.6 Å². The molecule has 2 rings (SSSR count). The van der Waals surface area contributed by atoms with Crippen LogP contribution in [0.15, 0.2) is 28.7 Å². The molecule has 104 valence electrons. The predicted octanol–water partition coefficient (Wildman–Crippen LogP) is 3.93. The molecule has 0 aliphatic heterocycles. The van der Waals surface area contributed by atoms with Crippen molar-refractivity contribution >= 4 is 0 Å². The maximum Gasteiger partial charge on any atom is 0.105 e. The minimum atomic E-state index is 0.238. The molecule has 20 heavy (non-hydrogen) atoms. The van der Waals surface area contributed by atoms with E-state index in [0.717, 1.165) is 23.6 Å². The lowest BCUT2D eigenvalue weighted by Gasteiger charge is -2.14. The van der Waals surface area contributed by atoms with Crippen molar-refractivity contribution in [2.75, 3.05) is 0 Å². The van der Waals surface area contributed by atoms with Crippen molar-refractivity contribution in [2.24, 2.45) is 0 Å². The summed E-state index contributed by atoms with van der Waals surface area (Å²) in [5.41, 5.74) is 4.27. The van der Waals surface area contributed by atoms with Gasteiger partial charge in [-0.05, 0) is 57.0 Å². The fourth-order valence-electron chi connectivity index (χ4n) is 2.42. The summed E-state index contributed by atoms with van der Waals surface area (Å²) < 4.78 is 5.57. The number of nitrogens with one attached hydrogen (secondary N) is 1. The molecule has 0 aliphatic carbocycles. The second-order valence-electron chi connectivity index (χ2n) is 5.22. The first kappa shape index (κ1) is 14.4. The quantitative estimate of drug-likeness (QED) is 0.914. The monoisotopic (exact) mass is 268 g/mol. The Hall–Kier alpha value is -2.05. The first-order valence-electron chi connectivity index (χ1n) is 6.81. The Balaban J connectivity index is 2.05. The maximum atomic E-state index is 8.88. The van der Waals surface area contributed by atoms with Crippen LogP contribution in [0, 0.1) is 32.1 Å². The molecule has 3 nitrogen and oxygen atoms in total. The Kier molecular flexibility index (Phi) is 4.26. The Bertz CT molecular complexity index is 649. The fourth-order valence-corrected chi connectivity index (χ4v) is 2.42. The fraction of sp³-hybridized carbons (Fsp3) is 0.353. The molecule has 1 aromatic carbocycles. The van der Waals surface area contributed by atoms with Gasteiger partial charge in [0.15, 0.2) is 0 Å². The van der Waals surface area contributed by atoms with Crippen LogP contribution in [-0.2, 0) is 6.54 Å². The van der Waals surface area contributed by atoms with E-state index in [1.54, 1.807) is 0 Å². The van der Waals surface area contributed by atoms with E-state index in [-0.39, 0.29) is 6.04 Å². The zero-order valence-electron chi connectivity index (χ0n) is 12.4. The van der Waals surface area contributed by atoms with Crippen molar-refractivity contribution in [3.8, 4) is 6.07 Å². The number of nitriles is 1. The molecular weight excluding hydrogens is 248 g/mol. The third-order valence-electron chi connectivity index (χ3n) is 3.62. The minimum absolute atomic E-state index is 0.238. The van der Waals surface area contributed by atoms with Gasteiger partial charge in [-0.1, -0.05) is 6.07 Å². The van der Waals surface area contributed by atoms with Gasteiger partial charge in [-0.2, -0.15) is 5.26 Å². The molecule has 0 radical (unpaired) electrons. The summed E-state index contributed by atoms with van der Waals surface area (Å²) in [5.74, 6) is 1.92. The maximum absolute atomic E-state index is 8.88. The van der Waals surface area contributed by atoms with E-state index < -0.39 is 0 Å². The van der Waals surface area contributed by atoms with Crippen LogP contribution in [0.3, 0.4) is 0 Å². The molecule has 1 N–H and O–H groups in total. The van der Waals surface area contributed by atoms with Gasteiger partial charge in [0, 0.05) is 18.2 Å². The summed E-state index contributed by atoms with van der Waals surface area (Å²) >= 11 is 0. The largest absolute Gasteiger partial charge is 0.466 e. The average molecular weight is 268 g/mol. The molecular formula is C17H20N2O. The molecule has 0 bridgehead atoms. The van der Waals surface area contributed by atoms with Gasteiger partial charge in [-0.15, -0.1) is 0 Å². The van der Waals surface area contributed by atoms with E-state index in [2.05, 4.69) is 24.4 Å². The summed E-state index contributed by atoms with van der Waals surface area (Å²) in [6, 6.07) is 10.3. The van der Waals surface area contributed by atoms with Crippen molar-refractivity contribution in [1.82, 2.24) is 5.32 Å². The van der Waals surface area contributed by atoms with E-state index in [0.29, 0.717) is 5.56 Å². The van der Waals surface area contributed by atoms with Crippen LogP contribution in [0.4, 0.5) is 0 Å². The van der Waals surface area contributed by atoms with Crippen molar-refractivity contribution < 1.29 is 4.42 Å². The van der Waals surface area contributed by atoms with Crippen molar-refractivity contribution in [3.05, 3.63) is 58.0 Å². The van der Waals surface area contributed by atoms with Gasteiger partial charge < -0.3 is 9.73 Å². The standard InChI is InChI=1S/C17H20N2O/c1-11-7-15(9-18)5-6-16(11)10-19-13(3)17-8-12(2)20-14(17)4/h5-8,13,19H,10H2,1-4H3. The molecule has 0 spiro atoms. The Labute approximate surface area is 120 Å². The van der Waals surface area contributed by atoms with Crippen molar-refractivity contribution in [2.45, 2.75) is 40.3 Å². The number of benzene rings is 1. The number of furan rings is 1. The second kappa shape index (κ2) is 5.94. The summed E-state index contributed by atoms with van der Waals surface area (Å²) in [4.78, 5) is 0. The second-order valence-corrected chi connectivity index (χ2v) is 5.22. The topological polar surface area (TPSA) is 49.0 Å². The van der Waals surface area contributed by atoms with Gasteiger partial charge in [-0.25, -0.2) is 0 Å². The van der Waals surface area contributed by atoms with Gasteiger partial charge in [0.2, 0.25) is 0 Å². The highest BCUT2D eigenvalue weighted by Gasteiger charge is 2.12. The lowest BCUT2D eigenvalue weighted by Crippen LogP contribution is -2.18. The SMILES string of the molecule is Cc1cc(C(C)NCc2ccc(C#N)cc2C)c(C)o1. The van der Waals surface area contributed by atoms with E-state index in [1.165, 1.54) is 11.1 Å². The molecule has 1 unspecified atom stereocenters. The first-order valence-corrected chi connectivity index (χ1v) is 6.81. The Morgan fingerprint density at radius 2 is 2.00 bits per heavy atom. The van der Waals surface area contributed by atoms with Crippen LogP contribution >= 0.6 is 0 Å². The van der Waals surface area contributed by atoms with Crippen LogP contribution in [0.5, 0.6) is 0 Å². The van der Waals surface area contributed by atoms with Gasteiger partial charge in [0.25, 0.3) is 0 Å². The summed E-state index contributed by atoms with van der Waals surface area (Å²) in [5, 5.41) is 12.4. The van der Waals surface area contributed by atoms with Gasteiger partial charge >= 0.3 is 0 Å². The third-order valence-corrected chi connectivity index (χ3v) is 3.62. The third kappa shape index (κ3) is 3.09. The summed E-state index contributed by atoms with van der Waals surface area (Å²) in [6.45, 7) is 8.91. The van der Waals surface area contributed by atoms with Gasteiger partial charge in [-0.3, -0.25) is 0 Å². The molecule has 1 aromatic heterocycles. The molecule has 0 fully saturated rings. The van der Waals surface area contributed by atoms with Gasteiger partial charge in [0.1, 0.15) is 11.5 Å². The summed E-state index contributed by atoms with van der Waals surface area (Å²) in [7, 11) is 0. The van der Waals surface area contributed by atoms with Crippen LogP contribution in [-0.4, -0.2) is 0 Å². The number of aryl methyl sites for hydroxylation is 3. The average Bonchev–Trinajstić information content (AvgIpc) is 2.76.